The number of thiazole rings is 1. The quantitative estimate of drug-likeness (QED) is 0.839. The van der Waals surface area contributed by atoms with Crippen molar-refractivity contribution in [3.63, 3.8) is 0 Å². The van der Waals surface area contributed by atoms with Gasteiger partial charge in [0.2, 0.25) is 10.0 Å². The second-order valence-electron chi connectivity index (χ2n) is 4.18. The third kappa shape index (κ3) is 3.44. The monoisotopic (exact) mass is 375 g/mol. The van der Waals surface area contributed by atoms with Gasteiger partial charge < -0.3 is 5.73 Å². The molecule has 0 aliphatic heterocycles. The van der Waals surface area contributed by atoms with Crippen LogP contribution in [0.2, 0.25) is 0 Å². The van der Waals surface area contributed by atoms with Gasteiger partial charge in [-0.05, 0) is 40.5 Å². The molecule has 0 bridgehead atoms. The topological polar surface area (TPSA) is 85.1 Å². The van der Waals surface area contributed by atoms with E-state index in [2.05, 4.69) is 25.6 Å². The summed E-state index contributed by atoms with van der Waals surface area (Å²) < 4.78 is 27.8. The molecule has 1 atom stereocenters. The number of aromatic nitrogens is 1. The number of halogens is 1. The summed E-state index contributed by atoms with van der Waals surface area (Å²) in [5.41, 5.74) is 6.39. The van der Waals surface area contributed by atoms with Crippen LogP contribution < -0.4 is 10.5 Å². The van der Waals surface area contributed by atoms with Gasteiger partial charge in [-0.15, -0.1) is 11.3 Å². The van der Waals surface area contributed by atoms with E-state index in [9.17, 15) is 8.42 Å². The van der Waals surface area contributed by atoms with E-state index in [1.165, 1.54) is 11.3 Å². The largest absolute Gasteiger partial charge is 0.326 e. The SMILES string of the molecule is CC(NS(=O)(=O)c1ccc(CN)cc1Br)c1nccs1. The third-order valence-corrected chi connectivity index (χ3v) is 6.15. The standard InChI is InChI=1S/C12H14BrN3O2S2/c1-8(12-15-4-5-19-12)16-20(17,18)11-3-2-9(7-14)6-10(11)13/h2-6,8,16H,7,14H2,1H3. The maximum Gasteiger partial charge on any atom is 0.242 e. The summed E-state index contributed by atoms with van der Waals surface area (Å²) in [4.78, 5) is 4.30. The number of hydrogen-bond donors (Lipinski definition) is 2. The zero-order valence-electron chi connectivity index (χ0n) is 10.7. The van der Waals surface area contributed by atoms with Crippen molar-refractivity contribution in [2.24, 2.45) is 5.73 Å². The Balaban J connectivity index is 2.27. The Labute approximate surface area is 130 Å². The van der Waals surface area contributed by atoms with Gasteiger partial charge in [0.25, 0.3) is 0 Å². The highest BCUT2D eigenvalue weighted by atomic mass is 79.9. The Morgan fingerprint density at radius 1 is 1.50 bits per heavy atom. The van der Waals surface area contributed by atoms with Crippen molar-refractivity contribution in [2.45, 2.75) is 24.4 Å². The van der Waals surface area contributed by atoms with Gasteiger partial charge in [0, 0.05) is 22.6 Å². The minimum atomic E-state index is -3.61. The zero-order valence-corrected chi connectivity index (χ0v) is 13.9. The highest BCUT2D eigenvalue weighted by Crippen LogP contribution is 2.25. The van der Waals surface area contributed by atoms with E-state index in [0.717, 1.165) is 10.6 Å². The van der Waals surface area contributed by atoms with E-state index < -0.39 is 10.0 Å². The first-order chi connectivity index (χ1) is 9.44. The van der Waals surface area contributed by atoms with Gasteiger partial charge in [0.15, 0.2) is 0 Å². The first-order valence-corrected chi connectivity index (χ1v) is 9.00. The fraction of sp³-hybridized carbons (Fsp3) is 0.250. The lowest BCUT2D eigenvalue weighted by atomic mass is 10.2. The Morgan fingerprint density at radius 2 is 2.25 bits per heavy atom. The number of rotatable bonds is 5. The normalized spacial score (nSPS) is 13.3. The van der Waals surface area contributed by atoms with Gasteiger partial charge in [0.1, 0.15) is 5.01 Å². The first kappa shape index (κ1) is 15.6. The van der Waals surface area contributed by atoms with Crippen molar-refractivity contribution in [1.82, 2.24) is 9.71 Å². The Bertz CT molecular complexity index is 687. The highest BCUT2D eigenvalue weighted by molar-refractivity contribution is 9.10. The average molecular weight is 376 g/mol. The molecule has 8 heteroatoms. The van der Waals surface area contributed by atoms with Crippen LogP contribution in [0, 0.1) is 0 Å². The van der Waals surface area contributed by atoms with Gasteiger partial charge >= 0.3 is 0 Å². The molecule has 1 aromatic heterocycles. The molecular formula is C12H14BrN3O2S2. The summed E-state index contributed by atoms with van der Waals surface area (Å²) >= 11 is 4.69. The zero-order chi connectivity index (χ0) is 14.8. The van der Waals surface area contributed by atoms with Crippen LogP contribution in [0.3, 0.4) is 0 Å². The maximum absolute atomic E-state index is 12.4. The Hall–Kier alpha value is -0.800. The molecule has 0 saturated carbocycles. The second-order valence-corrected chi connectivity index (χ2v) is 7.65. The molecule has 0 aliphatic rings. The summed E-state index contributed by atoms with van der Waals surface area (Å²) in [5.74, 6) is 0. The number of sulfonamides is 1. The number of nitrogens with one attached hydrogen (secondary N) is 1. The van der Waals surface area contributed by atoms with E-state index in [4.69, 9.17) is 5.73 Å². The number of nitrogens with two attached hydrogens (primary N) is 1. The van der Waals surface area contributed by atoms with Crippen molar-refractivity contribution in [3.8, 4) is 0 Å². The fourth-order valence-electron chi connectivity index (χ4n) is 1.68. The summed E-state index contributed by atoms with van der Waals surface area (Å²) in [7, 11) is -3.61. The van der Waals surface area contributed by atoms with Gasteiger partial charge in [0.05, 0.1) is 10.9 Å². The molecule has 3 N–H and O–H groups in total. The smallest absolute Gasteiger partial charge is 0.242 e. The molecule has 0 spiro atoms. The van der Waals surface area contributed by atoms with Gasteiger partial charge in [-0.2, -0.15) is 0 Å². The van der Waals surface area contributed by atoms with Crippen molar-refractivity contribution in [2.75, 3.05) is 0 Å². The molecule has 0 amide bonds. The molecule has 2 aromatic rings. The Kier molecular flexibility index (Phi) is 4.92. The predicted molar refractivity (Wildman–Crippen MR) is 82.9 cm³/mol. The first-order valence-electron chi connectivity index (χ1n) is 5.84. The molecule has 5 nitrogen and oxygen atoms in total. The predicted octanol–water partition coefficient (Wildman–Crippen LogP) is 2.40. The minimum Gasteiger partial charge on any atom is -0.326 e. The molecule has 108 valence electrons. The molecular weight excluding hydrogens is 362 g/mol. The lowest BCUT2D eigenvalue weighted by Crippen LogP contribution is -2.27. The summed E-state index contributed by atoms with van der Waals surface area (Å²) in [6, 6.07) is 4.58. The lowest BCUT2D eigenvalue weighted by Gasteiger charge is -2.13. The van der Waals surface area contributed by atoms with Gasteiger partial charge in [-0.1, -0.05) is 6.07 Å². The van der Waals surface area contributed by atoms with Crippen molar-refractivity contribution in [3.05, 3.63) is 44.8 Å². The second kappa shape index (κ2) is 6.31. The number of nitrogens with zero attached hydrogens (tertiary/aromatic N) is 1. The molecule has 0 radical (unpaired) electrons. The van der Waals surface area contributed by atoms with Crippen LogP contribution in [-0.2, 0) is 16.6 Å². The van der Waals surface area contributed by atoms with E-state index in [0.29, 0.717) is 11.0 Å². The molecule has 1 heterocycles. The highest BCUT2D eigenvalue weighted by Gasteiger charge is 2.22. The van der Waals surface area contributed by atoms with Crippen LogP contribution in [0.15, 0.2) is 39.1 Å². The maximum atomic E-state index is 12.4. The average Bonchev–Trinajstić information content (AvgIpc) is 2.91. The van der Waals surface area contributed by atoms with E-state index >= 15 is 0 Å². The molecule has 20 heavy (non-hydrogen) atoms. The van der Waals surface area contributed by atoms with Crippen LogP contribution in [-0.4, -0.2) is 13.4 Å². The van der Waals surface area contributed by atoms with Crippen molar-refractivity contribution < 1.29 is 8.42 Å². The van der Waals surface area contributed by atoms with Crippen LogP contribution in [0.4, 0.5) is 0 Å². The molecule has 2 rings (SSSR count). The summed E-state index contributed by atoms with van der Waals surface area (Å²) in [6.45, 7) is 2.13. The lowest BCUT2D eigenvalue weighted by molar-refractivity contribution is 0.566. The van der Waals surface area contributed by atoms with Crippen LogP contribution in [0.25, 0.3) is 0 Å². The van der Waals surface area contributed by atoms with Crippen LogP contribution in [0.1, 0.15) is 23.5 Å². The van der Waals surface area contributed by atoms with Crippen LogP contribution in [0.5, 0.6) is 0 Å². The number of benzene rings is 1. The Morgan fingerprint density at radius 3 is 2.80 bits per heavy atom. The summed E-state index contributed by atoms with van der Waals surface area (Å²) in [6.07, 6.45) is 1.65. The fourth-order valence-corrected chi connectivity index (χ4v) is 4.74. The van der Waals surface area contributed by atoms with Crippen LogP contribution >= 0.6 is 27.3 Å². The molecule has 0 fully saturated rings. The molecule has 1 unspecified atom stereocenters. The van der Waals surface area contributed by atoms with E-state index in [1.807, 2.05) is 5.38 Å². The van der Waals surface area contributed by atoms with E-state index in [-0.39, 0.29) is 10.9 Å². The third-order valence-electron chi connectivity index (χ3n) is 2.68. The van der Waals surface area contributed by atoms with E-state index in [1.54, 1.807) is 31.3 Å². The van der Waals surface area contributed by atoms with Gasteiger partial charge in [-0.25, -0.2) is 18.1 Å². The minimum absolute atomic E-state index is 0.193. The van der Waals surface area contributed by atoms with Crippen molar-refractivity contribution >= 4 is 37.3 Å². The molecule has 1 aromatic carbocycles. The van der Waals surface area contributed by atoms with Gasteiger partial charge in [-0.3, -0.25) is 0 Å². The summed E-state index contributed by atoms with van der Waals surface area (Å²) in [5, 5.41) is 2.54. The molecule has 0 aliphatic carbocycles. The van der Waals surface area contributed by atoms with Crippen molar-refractivity contribution in [1.29, 1.82) is 0 Å². The number of hydrogen-bond acceptors (Lipinski definition) is 5. The molecule has 0 saturated heterocycles.